The minimum absolute atomic E-state index is 0.633. The number of benzene rings is 1. The molecule has 0 radical (unpaired) electrons. The smallest absolute Gasteiger partial charge is 0.120 e. The molecule has 1 aromatic heterocycles. The Morgan fingerprint density at radius 3 is 2.65 bits per heavy atom. The monoisotopic (exact) mass is 246 g/mol. The van der Waals surface area contributed by atoms with E-state index in [0.29, 0.717) is 4.64 Å². The predicted molar refractivity (Wildman–Crippen MR) is 70.6 cm³/mol. The number of hydrogen-bond donors (Lipinski definition) is 1. The number of aromatic nitrogens is 2. The van der Waals surface area contributed by atoms with E-state index in [1.54, 1.807) is 6.20 Å². The maximum absolute atomic E-state index is 5.53. The Hall–Kier alpha value is -1.68. The quantitative estimate of drug-likeness (QED) is 0.838. The molecule has 1 aromatic carbocycles. The summed E-state index contributed by atoms with van der Waals surface area (Å²) in [6.07, 6.45) is 2.78. The molecule has 17 heavy (non-hydrogen) atoms. The summed E-state index contributed by atoms with van der Waals surface area (Å²) in [7, 11) is 0. The van der Waals surface area contributed by atoms with Gasteiger partial charge in [0.25, 0.3) is 0 Å². The first-order valence-electron chi connectivity index (χ1n) is 5.57. The first-order chi connectivity index (χ1) is 8.29. The van der Waals surface area contributed by atoms with Gasteiger partial charge in [-0.05, 0) is 30.2 Å². The van der Waals surface area contributed by atoms with Crippen molar-refractivity contribution >= 4 is 12.2 Å². The summed E-state index contributed by atoms with van der Waals surface area (Å²) in [6.45, 7) is 2.84. The maximum atomic E-state index is 5.53. The van der Waals surface area contributed by atoms with Crippen molar-refractivity contribution in [3.05, 3.63) is 41.2 Å². The van der Waals surface area contributed by atoms with Gasteiger partial charge >= 0.3 is 0 Å². The molecular weight excluding hydrogens is 232 g/mol. The molecule has 0 amide bonds. The Morgan fingerprint density at radius 2 is 2.00 bits per heavy atom. The summed E-state index contributed by atoms with van der Waals surface area (Å²) < 4.78 is 6.16. The second-order valence-electron chi connectivity index (χ2n) is 3.71. The van der Waals surface area contributed by atoms with Crippen LogP contribution in [-0.4, -0.2) is 16.8 Å². The van der Waals surface area contributed by atoms with Crippen molar-refractivity contribution in [3.63, 3.8) is 0 Å². The fraction of sp³-hybridized carbons (Fsp3) is 0.231. The van der Waals surface area contributed by atoms with Gasteiger partial charge in [0, 0.05) is 5.56 Å². The van der Waals surface area contributed by atoms with Crippen LogP contribution in [0, 0.1) is 4.64 Å². The van der Waals surface area contributed by atoms with E-state index in [4.69, 9.17) is 17.0 Å². The van der Waals surface area contributed by atoms with E-state index in [1.165, 1.54) is 0 Å². The summed E-state index contributed by atoms with van der Waals surface area (Å²) in [4.78, 5) is 0. The largest absolute Gasteiger partial charge is 0.494 e. The first-order valence-corrected chi connectivity index (χ1v) is 5.98. The van der Waals surface area contributed by atoms with E-state index >= 15 is 0 Å². The van der Waals surface area contributed by atoms with Crippen molar-refractivity contribution in [1.82, 2.24) is 10.2 Å². The molecule has 0 aliphatic carbocycles. The maximum Gasteiger partial charge on any atom is 0.120 e. The Morgan fingerprint density at radius 1 is 1.24 bits per heavy atom. The van der Waals surface area contributed by atoms with Crippen LogP contribution in [0.4, 0.5) is 0 Å². The van der Waals surface area contributed by atoms with Gasteiger partial charge in [-0.25, -0.2) is 0 Å². The number of nitrogens with zero attached hydrogens (tertiary/aromatic N) is 1. The van der Waals surface area contributed by atoms with Gasteiger partial charge in [-0.2, -0.15) is 5.10 Å². The van der Waals surface area contributed by atoms with Crippen LogP contribution in [-0.2, 0) is 0 Å². The Balaban J connectivity index is 2.20. The minimum Gasteiger partial charge on any atom is -0.494 e. The molecule has 0 saturated carbocycles. The number of nitrogens with one attached hydrogen (secondary N) is 1. The van der Waals surface area contributed by atoms with E-state index in [-0.39, 0.29) is 0 Å². The fourth-order valence-electron chi connectivity index (χ4n) is 1.50. The highest BCUT2D eigenvalue weighted by molar-refractivity contribution is 7.71. The van der Waals surface area contributed by atoms with Crippen molar-refractivity contribution in [2.45, 2.75) is 13.3 Å². The third-order valence-corrected chi connectivity index (χ3v) is 2.53. The van der Waals surface area contributed by atoms with Crippen LogP contribution in [0.2, 0.25) is 0 Å². The summed E-state index contributed by atoms with van der Waals surface area (Å²) in [5.41, 5.74) is 2.09. The second-order valence-corrected chi connectivity index (χ2v) is 4.15. The van der Waals surface area contributed by atoms with Gasteiger partial charge in [-0.1, -0.05) is 31.3 Å². The third-order valence-electron chi connectivity index (χ3n) is 2.33. The van der Waals surface area contributed by atoms with Gasteiger partial charge < -0.3 is 4.74 Å². The van der Waals surface area contributed by atoms with Gasteiger partial charge in [0.1, 0.15) is 10.4 Å². The lowest BCUT2D eigenvalue weighted by Gasteiger charge is -2.05. The zero-order chi connectivity index (χ0) is 12.1. The predicted octanol–water partition coefficient (Wildman–Crippen LogP) is 3.59. The molecule has 4 heteroatoms. The van der Waals surface area contributed by atoms with Crippen LogP contribution in [0.5, 0.6) is 5.75 Å². The highest BCUT2D eigenvalue weighted by Gasteiger charge is 1.98. The molecule has 0 fully saturated rings. The molecule has 0 aliphatic rings. The summed E-state index contributed by atoms with van der Waals surface area (Å²) in [5, 5.41) is 6.69. The molecular formula is C13H14N2OS. The Labute approximate surface area is 105 Å². The summed E-state index contributed by atoms with van der Waals surface area (Å²) >= 11 is 5.04. The van der Waals surface area contributed by atoms with Crippen molar-refractivity contribution in [1.29, 1.82) is 0 Å². The SMILES string of the molecule is CCCOc1ccc(-c2cn[nH]c(=S)c2)cc1. The van der Waals surface area contributed by atoms with Gasteiger partial charge in [0.2, 0.25) is 0 Å². The lowest BCUT2D eigenvalue weighted by atomic mass is 10.1. The van der Waals surface area contributed by atoms with Crippen LogP contribution in [0.15, 0.2) is 36.5 Å². The van der Waals surface area contributed by atoms with E-state index < -0.39 is 0 Å². The fourth-order valence-corrected chi connectivity index (χ4v) is 1.68. The number of aromatic amines is 1. The van der Waals surface area contributed by atoms with Gasteiger partial charge in [0.15, 0.2) is 0 Å². The Bertz CT molecular complexity index is 534. The number of rotatable bonds is 4. The molecule has 0 aliphatic heterocycles. The van der Waals surface area contributed by atoms with Gasteiger partial charge in [-0.15, -0.1) is 0 Å². The molecule has 0 unspecified atom stereocenters. The van der Waals surface area contributed by atoms with Gasteiger partial charge in [-0.3, -0.25) is 5.10 Å². The average molecular weight is 246 g/mol. The normalized spacial score (nSPS) is 10.2. The molecule has 0 atom stereocenters. The molecule has 2 aromatic rings. The van der Waals surface area contributed by atoms with Crippen molar-refractivity contribution in [2.24, 2.45) is 0 Å². The molecule has 0 bridgehead atoms. The van der Waals surface area contributed by atoms with Crippen molar-refractivity contribution in [2.75, 3.05) is 6.61 Å². The zero-order valence-corrected chi connectivity index (χ0v) is 10.5. The van der Waals surface area contributed by atoms with Crippen molar-refractivity contribution in [3.8, 4) is 16.9 Å². The molecule has 0 spiro atoms. The minimum atomic E-state index is 0.633. The van der Waals surface area contributed by atoms with E-state index in [0.717, 1.165) is 29.9 Å². The highest BCUT2D eigenvalue weighted by Crippen LogP contribution is 2.21. The molecule has 2 rings (SSSR count). The van der Waals surface area contributed by atoms with E-state index in [9.17, 15) is 0 Å². The first kappa shape index (κ1) is 11.8. The topological polar surface area (TPSA) is 37.9 Å². The second kappa shape index (κ2) is 5.59. The van der Waals surface area contributed by atoms with Crippen molar-refractivity contribution < 1.29 is 4.74 Å². The number of ether oxygens (including phenoxy) is 1. The summed E-state index contributed by atoms with van der Waals surface area (Å²) in [6, 6.07) is 9.84. The van der Waals surface area contributed by atoms with Gasteiger partial charge in [0.05, 0.1) is 12.8 Å². The van der Waals surface area contributed by atoms with E-state index in [1.807, 2.05) is 30.3 Å². The number of H-pyrrole nitrogens is 1. The van der Waals surface area contributed by atoms with E-state index in [2.05, 4.69) is 17.1 Å². The third kappa shape index (κ3) is 3.14. The van der Waals surface area contributed by atoms with Crippen LogP contribution >= 0.6 is 12.2 Å². The summed E-state index contributed by atoms with van der Waals surface area (Å²) in [5.74, 6) is 0.893. The molecule has 1 heterocycles. The number of hydrogen-bond acceptors (Lipinski definition) is 3. The van der Waals surface area contributed by atoms with Crippen LogP contribution < -0.4 is 4.74 Å². The molecule has 88 valence electrons. The average Bonchev–Trinajstić information content (AvgIpc) is 2.37. The van der Waals surface area contributed by atoms with Crippen LogP contribution in [0.3, 0.4) is 0 Å². The lowest BCUT2D eigenvalue weighted by Crippen LogP contribution is -1.94. The standard InChI is InChI=1S/C13H14N2OS/c1-2-7-16-12-5-3-10(4-6-12)11-8-13(17)15-14-9-11/h3-6,8-9H,2,7H2,1H3,(H,15,17). The molecule has 3 nitrogen and oxygen atoms in total. The Kier molecular flexibility index (Phi) is 3.88. The lowest BCUT2D eigenvalue weighted by molar-refractivity contribution is 0.317. The van der Waals surface area contributed by atoms with Crippen LogP contribution in [0.25, 0.3) is 11.1 Å². The van der Waals surface area contributed by atoms with Crippen LogP contribution in [0.1, 0.15) is 13.3 Å². The highest BCUT2D eigenvalue weighted by atomic mass is 32.1. The molecule has 1 N–H and O–H groups in total. The molecule has 0 saturated heterocycles. The zero-order valence-electron chi connectivity index (χ0n) is 9.64.